The molecule has 0 aliphatic rings. The van der Waals surface area contributed by atoms with E-state index >= 15 is 0 Å². The summed E-state index contributed by atoms with van der Waals surface area (Å²) in [6.07, 6.45) is 6.03. The van der Waals surface area contributed by atoms with Gasteiger partial charge in [-0.25, -0.2) is 0 Å². The molecule has 4 aromatic carbocycles. The Labute approximate surface area is 168 Å². The van der Waals surface area contributed by atoms with Crippen LogP contribution in [-0.4, -0.2) is 0 Å². The minimum atomic E-state index is 0.597. The molecule has 0 saturated carbocycles. The van der Waals surface area contributed by atoms with Crippen LogP contribution in [0.4, 0.5) is 0 Å². The monoisotopic (exact) mass is 364 g/mol. The highest BCUT2D eigenvalue weighted by Crippen LogP contribution is 2.32. The van der Waals surface area contributed by atoms with Gasteiger partial charge >= 0.3 is 0 Å². The lowest BCUT2D eigenvalue weighted by Crippen LogP contribution is -2.02. The number of benzene rings is 4. The van der Waals surface area contributed by atoms with Gasteiger partial charge in [0, 0.05) is 0 Å². The maximum atomic E-state index is 2.41. The van der Waals surface area contributed by atoms with E-state index in [1.54, 1.807) is 0 Å². The minimum absolute atomic E-state index is 0.597. The zero-order chi connectivity index (χ0) is 19.3. The van der Waals surface area contributed by atoms with Crippen LogP contribution in [0.15, 0.2) is 84.9 Å². The first-order valence-electron chi connectivity index (χ1n) is 10.5. The molecule has 0 spiro atoms. The highest BCUT2D eigenvalue weighted by Gasteiger charge is 2.13. The van der Waals surface area contributed by atoms with E-state index in [1.165, 1.54) is 57.5 Å². The molecule has 0 radical (unpaired) electrons. The molecule has 1 unspecified atom stereocenters. The molecular weight excluding hydrogens is 336 g/mol. The first-order chi connectivity index (χ1) is 13.8. The molecule has 4 rings (SSSR count). The smallest absolute Gasteiger partial charge is 0.0159 e. The number of hydrogen-bond donors (Lipinski definition) is 0. The predicted octanol–water partition coefficient (Wildman–Crippen LogP) is 8.36. The van der Waals surface area contributed by atoms with Crippen LogP contribution in [0.1, 0.15) is 44.2 Å². The number of fused-ring (bicyclic) bond motifs is 2. The van der Waals surface area contributed by atoms with Crippen LogP contribution in [0.3, 0.4) is 0 Å². The molecule has 0 bridgehead atoms. The van der Waals surface area contributed by atoms with Crippen LogP contribution in [0.2, 0.25) is 0 Å². The van der Waals surface area contributed by atoms with E-state index < -0.39 is 0 Å². The van der Waals surface area contributed by atoms with Crippen molar-refractivity contribution in [3.05, 3.63) is 96.1 Å². The van der Waals surface area contributed by atoms with Crippen LogP contribution in [-0.2, 0) is 0 Å². The molecule has 0 aliphatic carbocycles. The molecule has 0 N–H and O–H groups in total. The summed E-state index contributed by atoms with van der Waals surface area (Å²) in [5.41, 5.74) is 4.10. The average molecular weight is 365 g/mol. The highest BCUT2D eigenvalue weighted by molar-refractivity contribution is 5.99. The molecule has 0 aromatic heterocycles. The second-order valence-corrected chi connectivity index (χ2v) is 7.67. The molecule has 0 saturated heterocycles. The van der Waals surface area contributed by atoms with Crippen molar-refractivity contribution in [2.75, 3.05) is 0 Å². The molecule has 0 heterocycles. The van der Waals surface area contributed by atoms with Gasteiger partial charge in [0.15, 0.2) is 0 Å². The van der Waals surface area contributed by atoms with Crippen molar-refractivity contribution >= 4 is 33.2 Å². The number of allylic oxidation sites excluding steroid dienone is 1. The van der Waals surface area contributed by atoms with Crippen molar-refractivity contribution in [1.82, 2.24) is 0 Å². The lowest BCUT2D eigenvalue weighted by atomic mass is 9.85. The van der Waals surface area contributed by atoms with E-state index in [1.807, 2.05) is 0 Å². The lowest BCUT2D eigenvalue weighted by Gasteiger charge is -2.19. The number of hydrogen-bond acceptors (Lipinski definition) is 0. The Hall–Kier alpha value is -2.86. The molecule has 4 aromatic rings. The van der Waals surface area contributed by atoms with Crippen molar-refractivity contribution < 1.29 is 0 Å². The van der Waals surface area contributed by atoms with Crippen LogP contribution in [0, 0.1) is 5.92 Å². The van der Waals surface area contributed by atoms with Crippen LogP contribution >= 0.6 is 0 Å². The number of rotatable bonds is 6. The SMILES string of the molecule is CCCC(CC)C(=Cc1ccc2cc3ccccc3cc2c1)c1ccccc1. The fourth-order valence-electron chi connectivity index (χ4n) is 4.22. The summed E-state index contributed by atoms with van der Waals surface area (Å²) in [6, 6.07) is 31.0. The molecule has 140 valence electrons. The molecule has 0 heteroatoms. The summed E-state index contributed by atoms with van der Waals surface area (Å²) >= 11 is 0. The average Bonchev–Trinajstić information content (AvgIpc) is 2.75. The Bertz CT molecular complexity index is 1100. The minimum Gasteiger partial charge on any atom is -0.0654 e. The van der Waals surface area contributed by atoms with E-state index in [2.05, 4.69) is 105 Å². The Balaban J connectivity index is 1.82. The van der Waals surface area contributed by atoms with Gasteiger partial charge in [0.25, 0.3) is 0 Å². The molecule has 0 nitrogen and oxygen atoms in total. The van der Waals surface area contributed by atoms with E-state index in [0.717, 1.165) is 0 Å². The van der Waals surface area contributed by atoms with Gasteiger partial charge in [-0.3, -0.25) is 0 Å². The summed E-state index contributed by atoms with van der Waals surface area (Å²) in [4.78, 5) is 0. The van der Waals surface area contributed by atoms with Gasteiger partial charge in [0.05, 0.1) is 0 Å². The Morgan fingerprint density at radius 3 is 2.04 bits per heavy atom. The van der Waals surface area contributed by atoms with E-state index in [9.17, 15) is 0 Å². The third-order valence-corrected chi connectivity index (χ3v) is 5.73. The van der Waals surface area contributed by atoms with Crippen molar-refractivity contribution in [2.24, 2.45) is 5.92 Å². The Morgan fingerprint density at radius 2 is 1.36 bits per heavy atom. The quantitative estimate of drug-likeness (QED) is 0.238. The van der Waals surface area contributed by atoms with Gasteiger partial charge in [-0.2, -0.15) is 0 Å². The summed E-state index contributed by atoms with van der Waals surface area (Å²) in [5, 5.41) is 5.22. The van der Waals surface area contributed by atoms with Gasteiger partial charge in [-0.1, -0.05) is 93.1 Å². The van der Waals surface area contributed by atoms with Gasteiger partial charge in [0.1, 0.15) is 0 Å². The van der Waals surface area contributed by atoms with Crippen LogP contribution in [0.5, 0.6) is 0 Å². The first-order valence-corrected chi connectivity index (χ1v) is 10.5. The van der Waals surface area contributed by atoms with E-state index in [-0.39, 0.29) is 0 Å². The maximum absolute atomic E-state index is 2.41. The van der Waals surface area contributed by atoms with Crippen molar-refractivity contribution in [1.29, 1.82) is 0 Å². The zero-order valence-corrected chi connectivity index (χ0v) is 16.9. The summed E-state index contributed by atoms with van der Waals surface area (Å²) in [7, 11) is 0. The Kier molecular flexibility index (Phi) is 5.58. The molecule has 28 heavy (non-hydrogen) atoms. The second kappa shape index (κ2) is 8.44. The normalized spacial score (nSPS) is 13.1. The molecule has 1 atom stereocenters. The molecular formula is C28H28. The topological polar surface area (TPSA) is 0 Å². The third-order valence-electron chi connectivity index (χ3n) is 5.73. The van der Waals surface area contributed by atoms with E-state index in [4.69, 9.17) is 0 Å². The molecule has 0 fully saturated rings. The van der Waals surface area contributed by atoms with Crippen molar-refractivity contribution in [3.63, 3.8) is 0 Å². The third kappa shape index (κ3) is 3.87. The largest absolute Gasteiger partial charge is 0.0654 e. The summed E-state index contributed by atoms with van der Waals surface area (Å²) in [6.45, 7) is 4.59. The molecule has 0 aliphatic heterocycles. The van der Waals surface area contributed by atoms with Gasteiger partial charge in [-0.05, 0) is 75.2 Å². The van der Waals surface area contributed by atoms with E-state index in [0.29, 0.717) is 5.92 Å². The van der Waals surface area contributed by atoms with Gasteiger partial charge in [-0.15, -0.1) is 0 Å². The fourth-order valence-corrected chi connectivity index (χ4v) is 4.22. The Morgan fingerprint density at radius 1 is 0.714 bits per heavy atom. The van der Waals surface area contributed by atoms with Crippen molar-refractivity contribution in [2.45, 2.75) is 33.1 Å². The molecule has 0 amide bonds. The van der Waals surface area contributed by atoms with Gasteiger partial charge in [0.2, 0.25) is 0 Å². The lowest BCUT2D eigenvalue weighted by molar-refractivity contribution is 0.580. The maximum Gasteiger partial charge on any atom is -0.0159 e. The first kappa shape index (κ1) is 18.5. The standard InChI is InChI=1S/C28H28/c1-3-10-22(4-2)28(23-11-6-5-7-12-23)18-21-15-16-26-19-24-13-8-9-14-25(24)20-27(26)17-21/h5-9,11-20,22H,3-4,10H2,1-2H3. The predicted molar refractivity (Wildman–Crippen MR) is 124 cm³/mol. The highest BCUT2D eigenvalue weighted by atomic mass is 14.2. The second-order valence-electron chi connectivity index (χ2n) is 7.67. The zero-order valence-electron chi connectivity index (χ0n) is 16.9. The van der Waals surface area contributed by atoms with Crippen LogP contribution in [0.25, 0.3) is 33.2 Å². The summed E-state index contributed by atoms with van der Waals surface area (Å²) in [5.74, 6) is 0.597. The summed E-state index contributed by atoms with van der Waals surface area (Å²) < 4.78 is 0. The van der Waals surface area contributed by atoms with Gasteiger partial charge < -0.3 is 0 Å². The fraction of sp³-hybridized carbons (Fsp3) is 0.214. The van der Waals surface area contributed by atoms with Crippen molar-refractivity contribution in [3.8, 4) is 0 Å². The van der Waals surface area contributed by atoms with Crippen LogP contribution < -0.4 is 0 Å².